The number of halogens is 2. The average Bonchev–Trinajstić information content (AvgIpc) is 3.45. The highest BCUT2D eigenvalue weighted by atomic mass is 79.9. The van der Waals surface area contributed by atoms with Crippen LogP contribution in [0.4, 0.5) is 15.9 Å². The van der Waals surface area contributed by atoms with Crippen LogP contribution in [0.3, 0.4) is 0 Å². The molecule has 218 valence electrons. The van der Waals surface area contributed by atoms with Crippen LogP contribution in [0.25, 0.3) is 22.3 Å². The van der Waals surface area contributed by atoms with Crippen LogP contribution >= 0.6 is 27.3 Å². The summed E-state index contributed by atoms with van der Waals surface area (Å²) in [5.41, 5.74) is 3.67. The Hall–Kier alpha value is -3.52. The lowest BCUT2D eigenvalue weighted by Gasteiger charge is -2.12. The van der Waals surface area contributed by atoms with Gasteiger partial charge < -0.3 is 15.4 Å². The molecular formula is C29H28BrFN6O3S2. The van der Waals surface area contributed by atoms with Gasteiger partial charge in [-0.25, -0.2) is 27.8 Å². The zero-order valence-corrected chi connectivity index (χ0v) is 25.9. The maximum absolute atomic E-state index is 13.5. The number of nitrogens with zero attached hydrogens (tertiary/aromatic N) is 4. The van der Waals surface area contributed by atoms with Gasteiger partial charge in [-0.1, -0.05) is 19.1 Å². The first-order chi connectivity index (χ1) is 20.3. The van der Waals surface area contributed by atoms with Crippen LogP contribution in [0.5, 0.6) is 5.75 Å². The van der Waals surface area contributed by atoms with E-state index in [1.807, 2.05) is 35.7 Å². The lowest BCUT2D eigenvalue weighted by atomic mass is 10.2. The normalized spacial score (nSPS) is 11.6. The number of sulfone groups is 1. The van der Waals surface area contributed by atoms with Gasteiger partial charge in [-0.3, -0.25) is 4.98 Å². The van der Waals surface area contributed by atoms with Gasteiger partial charge in [-0.05, 0) is 57.9 Å². The quantitative estimate of drug-likeness (QED) is 0.147. The Morgan fingerprint density at radius 2 is 1.93 bits per heavy atom. The molecule has 2 aromatic carbocycles. The van der Waals surface area contributed by atoms with Crippen LogP contribution in [-0.4, -0.2) is 52.9 Å². The van der Waals surface area contributed by atoms with Crippen LogP contribution in [0.15, 0.2) is 70.9 Å². The lowest BCUT2D eigenvalue weighted by Crippen LogP contribution is -2.25. The predicted octanol–water partition coefficient (Wildman–Crippen LogP) is 5.94. The van der Waals surface area contributed by atoms with Crippen LogP contribution in [0.2, 0.25) is 0 Å². The van der Waals surface area contributed by atoms with Crippen molar-refractivity contribution in [1.29, 1.82) is 0 Å². The maximum Gasteiger partial charge on any atom is 0.151 e. The molecule has 0 amide bonds. The SMILES string of the molecule is CCS(=O)(=O)CCNCCc1nc(-c2cc3c(Nc4ccc(OCc5cccc(F)c5)c(Br)c4)ncnc3cn2)cs1. The minimum Gasteiger partial charge on any atom is -0.488 e. The van der Waals surface area contributed by atoms with Gasteiger partial charge in [-0.15, -0.1) is 11.3 Å². The summed E-state index contributed by atoms with van der Waals surface area (Å²) in [5, 5.41) is 10.2. The van der Waals surface area contributed by atoms with Crippen molar-refractivity contribution in [2.45, 2.75) is 20.0 Å². The Labute approximate surface area is 255 Å². The number of thiazole rings is 1. The van der Waals surface area contributed by atoms with Gasteiger partial charge in [0.25, 0.3) is 0 Å². The second-order valence-corrected chi connectivity index (χ2v) is 13.6. The molecule has 9 nitrogen and oxygen atoms in total. The summed E-state index contributed by atoms with van der Waals surface area (Å²) in [6.45, 7) is 2.97. The van der Waals surface area contributed by atoms with Gasteiger partial charge in [-0.2, -0.15) is 0 Å². The Morgan fingerprint density at radius 3 is 2.74 bits per heavy atom. The Balaban J connectivity index is 1.25. The first kappa shape index (κ1) is 30.0. The van der Waals surface area contributed by atoms with Crippen molar-refractivity contribution in [2.24, 2.45) is 0 Å². The molecule has 3 heterocycles. The Bertz CT molecular complexity index is 1800. The fraction of sp³-hybridized carbons (Fsp3) is 0.241. The van der Waals surface area contributed by atoms with Crippen molar-refractivity contribution in [1.82, 2.24) is 25.3 Å². The Morgan fingerprint density at radius 1 is 1.05 bits per heavy atom. The molecule has 13 heteroatoms. The third kappa shape index (κ3) is 7.85. The van der Waals surface area contributed by atoms with Gasteiger partial charge in [0.2, 0.25) is 0 Å². The number of fused-ring (bicyclic) bond motifs is 1. The fourth-order valence-electron chi connectivity index (χ4n) is 4.05. The number of hydrogen-bond acceptors (Lipinski definition) is 10. The van der Waals surface area contributed by atoms with E-state index in [0.717, 1.165) is 31.8 Å². The molecule has 42 heavy (non-hydrogen) atoms. The molecule has 0 saturated heterocycles. The van der Waals surface area contributed by atoms with E-state index in [4.69, 9.17) is 9.72 Å². The van der Waals surface area contributed by atoms with E-state index in [1.54, 1.807) is 19.2 Å². The highest BCUT2D eigenvalue weighted by molar-refractivity contribution is 9.10. The minimum absolute atomic E-state index is 0.136. The monoisotopic (exact) mass is 670 g/mol. The topological polar surface area (TPSA) is 119 Å². The zero-order chi connectivity index (χ0) is 29.5. The van der Waals surface area contributed by atoms with Crippen molar-refractivity contribution in [3.63, 3.8) is 0 Å². The molecule has 0 aliphatic carbocycles. The van der Waals surface area contributed by atoms with Gasteiger partial charge in [0.1, 0.15) is 30.3 Å². The third-order valence-corrected chi connectivity index (χ3v) is 9.59. The van der Waals surface area contributed by atoms with Gasteiger partial charge in [0.05, 0.1) is 38.3 Å². The summed E-state index contributed by atoms with van der Waals surface area (Å²) < 4.78 is 43.3. The molecule has 0 spiro atoms. The van der Waals surface area contributed by atoms with Crippen molar-refractivity contribution >= 4 is 59.5 Å². The molecule has 0 fully saturated rings. The number of anilines is 2. The highest BCUT2D eigenvalue weighted by Crippen LogP contribution is 2.32. The van der Waals surface area contributed by atoms with E-state index in [2.05, 4.69) is 41.5 Å². The van der Waals surface area contributed by atoms with E-state index in [-0.39, 0.29) is 23.9 Å². The predicted molar refractivity (Wildman–Crippen MR) is 167 cm³/mol. The number of hydrogen-bond donors (Lipinski definition) is 2. The second kappa shape index (κ2) is 13.6. The number of aromatic nitrogens is 4. The smallest absolute Gasteiger partial charge is 0.151 e. The van der Waals surface area contributed by atoms with Gasteiger partial charge in [0, 0.05) is 41.7 Å². The molecule has 2 N–H and O–H groups in total. The van der Waals surface area contributed by atoms with Crippen LogP contribution in [-0.2, 0) is 22.9 Å². The largest absolute Gasteiger partial charge is 0.488 e. The molecule has 0 radical (unpaired) electrons. The summed E-state index contributed by atoms with van der Waals surface area (Å²) in [6.07, 6.45) is 3.87. The molecule has 0 bridgehead atoms. The third-order valence-electron chi connectivity index (χ3n) is 6.36. The van der Waals surface area contributed by atoms with Gasteiger partial charge in [0.15, 0.2) is 9.84 Å². The second-order valence-electron chi connectivity index (χ2n) is 9.36. The summed E-state index contributed by atoms with van der Waals surface area (Å²) in [4.78, 5) is 18.1. The van der Waals surface area contributed by atoms with E-state index in [0.29, 0.717) is 42.3 Å². The van der Waals surface area contributed by atoms with E-state index < -0.39 is 9.84 Å². The number of pyridine rings is 1. The molecular weight excluding hydrogens is 643 g/mol. The van der Waals surface area contributed by atoms with E-state index in [1.165, 1.54) is 29.8 Å². The number of nitrogens with one attached hydrogen (secondary N) is 2. The molecule has 0 aliphatic heterocycles. The van der Waals surface area contributed by atoms with E-state index >= 15 is 0 Å². The molecule has 3 aromatic heterocycles. The summed E-state index contributed by atoms with van der Waals surface area (Å²) in [6, 6.07) is 13.8. The standard InChI is InChI=1S/C29H28BrFN6O3S2/c1-2-42(38,39)11-10-32-9-8-28-37-26(17-41-28)24-14-22-25(15-33-24)34-18-35-29(22)36-21-6-7-27(23(30)13-21)40-16-19-4-3-5-20(31)12-19/h3-7,12-15,17-18,32H,2,8-11,16H2,1H3,(H,34,35,36). The highest BCUT2D eigenvalue weighted by Gasteiger charge is 2.12. The van der Waals surface area contributed by atoms with Crippen molar-refractivity contribution in [3.05, 3.63) is 87.3 Å². The van der Waals surface area contributed by atoms with Crippen LogP contribution < -0.4 is 15.4 Å². The summed E-state index contributed by atoms with van der Waals surface area (Å²) in [5.74, 6) is 1.24. The number of benzene rings is 2. The van der Waals surface area contributed by atoms with Gasteiger partial charge >= 0.3 is 0 Å². The van der Waals surface area contributed by atoms with Crippen LogP contribution in [0.1, 0.15) is 17.5 Å². The maximum atomic E-state index is 13.5. The molecule has 5 rings (SSSR count). The first-order valence-corrected chi connectivity index (χ1v) is 16.7. The molecule has 0 atom stereocenters. The average molecular weight is 672 g/mol. The zero-order valence-electron chi connectivity index (χ0n) is 22.7. The van der Waals surface area contributed by atoms with Crippen molar-refractivity contribution in [2.75, 3.05) is 29.9 Å². The molecule has 0 saturated carbocycles. The molecule has 0 unspecified atom stereocenters. The lowest BCUT2D eigenvalue weighted by molar-refractivity contribution is 0.303. The fourth-order valence-corrected chi connectivity index (χ4v) is 6.08. The number of rotatable bonds is 13. The number of ether oxygens (including phenoxy) is 1. The van der Waals surface area contributed by atoms with E-state index in [9.17, 15) is 12.8 Å². The summed E-state index contributed by atoms with van der Waals surface area (Å²) >= 11 is 5.10. The molecule has 5 aromatic rings. The van der Waals surface area contributed by atoms with Crippen LogP contribution in [0, 0.1) is 5.82 Å². The minimum atomic E-state index is -2.97. The molecule has 0 aliphatic rings. The van der Waals surface area contributed by atoms with Crippen molar-refractivity contribution < 1.29 is 17.5 Å². The Kier molecular flexibility index (Phi) is 9.73. The summed E-state index contributed by atoms with van der Waals surface area (Å²) in [7, 11) is -2.97. The van der Waals surface area contributed by atoms with Crippen molar-refractivity contribution in [3.8, 4) is 17.1 Å². The first-order valence-electron chi connectivity index (χ1n) is 13.2.